The molecule has 0 aromatic rings. The minimum atomic E-state index is -1.56. The van der Waals surface area contributed by atoms with E-state index in [1.165, 1.54) is 36.9 Å². The second kappa shape index (κ2) is 5.45. The molecular formula is C15H27N5Si2. The molecule has 1 saturated heterocycles. The van der Waals surface area contributed by atoms with Crippen LogP contribution in [0.4, 0.5) is 5.82 Å². The smallest absolute Gasteiger partial charge is 0.184 e. The summed E-state index contributed by atoms with van der Waals surface area (Å²) in [6.45, 7) is 13.0. The second-order valence-electron chi connectivity index (χ2n) is 7.34. The van der Waals surface area contributed by atoms with Crippen molar-refractivity contribution in [2.45, 2.75) is 58.0 Å². The summed E-state index contributed by atoms with van der Waals surface area (Å²) in [7, 11) is -2.97. The lowest BCUT2D eigenvalue weighted by molar-refractivity contribution is 0.919. The Kier molecular flexibility index (Phi) is 3.88. The highest BCUT2D eigenvalue weighted by atomic mass is 28.3. The number of aromatic nitrogens is 4. The van der Waals surface area contributed by atoms with Gasteiger partial charge in [-0.05, 0) is 24.6 Å². The molecule has 3 aliphatic heterocycles. The summed E-state index contributed by atoms with van der Waals surface area (Å²) in [5.41, 5.74) is 1.01. The SMILES string of the molecule is CC[Si]1(CC)CCCN1c1c2ncnc-2ncn1[Si](C)(C)C. The Hall–Kier alpha value is -1.22. The van der Waals surface area contributed by atoms with Gasteiger partial charge < -0.3 is 8.80 Å². The molecule has 0 amide bonds. The van der Waals surface area contributed by atoms with Gasteiger partial charge in [0.2, 0.25) is 0 Å². The van der Waals surface area contributed by atoms with Gasteiger partial charge in [-0.2, -0.15) is 0 Å². The summed E-state index contributed by atoms with van der Waals surface area (Å²) in [5, 5.41) is 0. The van der Waals surface area contributed by atoms with Crippen LogP contribution in [0.25, 0.3) is 11.5 Å². The zero-order valence-corrected chi connectivity index (χ0v) is 16.4. The van der Waals surface area contributed by atoms with Gasteiger partial charge >= 0.3 is 0 Å². The normalized spacial score (nSPS) is 18.3. The van der Waals surface area contributed by atoms with Crippen LogP contribution >= 0.6 is 0 Å². The van der Waals surface area contributed by atoms with Crippen LogP contribution in [0.3, 0.4) is 0 Å². The number of imidazole rings is 1. The van der Waals surface area contributed by atoms with Crippen molar-refractivity contribution in [3.8, 4) is 11.5 Å². The van der Waals surface area contributed by atoms with E-state index in [2.05, 4.69) is 57.2 Å². The Labute approximate surface area is 135 Å². The maximum Gasteiger partial charge on any atom is 0.184 e. The molecule has 0 aromatic carbocycles. The highest BCUT2D eigenvalue weighted by molar-refractivity contribution is 6.84. The van der Waals surface area contributed by atoms with Crippen molar-refractivity contribution in [2.24, 2.45) is 0 Å². The van der Waals surface area contributed by atoms with Crippen molar-refractivity contribution >= 4 is 22.3 Å². The van der Waals surface area contributed by atoms with Crippen molar-refractivity contribution in [2.75, 3.05) is 11.1 Å². The molecule has 0 aromatic heterocycles. The Morgan fingerprint density at radius 2 is 1.86 bits per heavy atom. The van der Waals surface area contributed by atoms with E-state index in [9.17, 15) is 0 Å². The topological polar surface area (TPSA) is 46.8 Å². The first-order valence-corrected chi connectivity index (χ1v) is 14.4. The lowest BCUT2D eigenvalue weighted by Crippen LogP contribution is -2.51. The molecule has 3 rings (SSSR count). The fourth-order valence-electron chi connectivity index (χ4n) is 3.80. The number of rotatable bonds is 4. The van der Waals surface area contributed by atoms with E-state index in [1.54, 1.807) is 6.33 Å². The fourth-order valence-corrected chi connectivity index (χ4v) is 9.51. The van der Waals surface area contributed by atoms with Crippen molar-refractivity contribution in [3.05, 3.63) is 12.7 Å². The summed E-state index contributed by atoms with van der Waals surface area (Å²) in [5.74, 6) is 2.11. The lowest BCUT2D eigenvalue weighted by Gasteiger charge is -2.41. The molecule has 120 valence electrons. The third-order valence-corrected chi connectivity index (χ3v) is 12.5. The van der Waals surface area contributed by atoms with Gasteiger partial charge in [0.15, 0.2) is 22.3 Å². The summed E-state index contributed by atoms with van der Waals surface area (Å²) >= 11 is 0. The van der Waals surface area contributed by atoms with E-state index in [0.717, 1.165) is 11.5 Å². The van der Waals surface area contributed by atoms with Crippen LogP contribution in [0, 0.1) is 0 Å². The quantitative estimate of drug-likeness (QED) is 0.801. The monoisotopic (exact) mass is 333 g/mol. The highest BCUT2D eigenvalue weighted by Crippen LogP contribution is 2.41. The summed E-state index contributed by atoms with van der Waals surface area (Å²) in [4.78, 5) is 13.5. The molecule has 0 aliphatic carbocycles. The van der Waals surface area contributed by atoms with E-state index < -0.39 is 16.5 Å². The summed E-state index contributed by atoms with van der Waals surface area (Å²) in [6, 6.07) is 4.03. The number of hydrogen-bond acceptors (Lipinski definition) is 4. The average molecular weight is 334 g/mol. The molecule has 1 fully saturated rings. The van der Waals surface area contributed by atoms with Crippen LogP contribution in [-0.2, 0) is 0 Å². The molecule has 0 atom stereocenters. The molecule has 0 saturated carbocycles. The van der Waals surface area contributed by atoms with Crippen molar-refractivity contribution in [1.82, 2.24) is 19.2 Å². The van der Waals surface area contributed by atoms with Crippen molar-refractivity contribution in [1.29, 1.82) is 0 Å². The van der Waals surface area contributed by atoms with Crippen LogP contribution in [0.1, 0.15) is 20.3 Å². The first-order valence-electron chi connectivity index (χ1n) is 8.39. The first-order chi connectivity index (χ1) is 10.4. The average Bonchev–Trinajstić information content (AvgIpc) is 3.11. The van der Waals surface area contributed by atoms with E-state index in [0.29, 0.717) is 0 Å². The van der Waals surface area contributed by atoms with Crippen LogP contribution < -0.4 is 4.57 Å². The predicted molar refractivity (Wildman–Crippen MR) is 96.7 cm³/mol. The van der Waals surface area contributed by atoms with Crippen LogP contribution in [0.2, 0.25) is 37.8 Å². The van der Waals surface area contributed by atoms with E-state index in [4.69, 9.17) is 0 Å². The molecule has 0 bridgehead atoms. The Morgan fingerprint density at radius 1 is 1.14 bits per heavy atom. The predicted octanol–water partition coefficient (Wildman–Crippen LogP) is 3.66. The van der Waals surface area contributed by atoms with Gasteiger partial charge in [0.1, 0.15) is 17.8 Å². The molecule has 0 N–H and O–H groups in total. The van der Waals surface area contributed by atoms with Gasteiger partial charge in [0.05, 0.1) is 6.33 Å². The van der Waals surface area contributed by atoms with Gasteiger partial charge in [-0.15, -0.1) is 0 Å². The van der Waals surface area contributed by atoms with Crippen molar-refractivity contribution < 1.29 is 0 Å². The van der Waals surface area contributed by atoms with Crippen LogP contribution in [-0.4, -0.2) is 42.2 Å². The molecule has 5 nitrogen and oxygen atoms in total. The number of nitrogens with zero attached hydrogens (tertiary/aromatic N) is 5. The number of anilines is 1. The standard InChI is InChI=1S/C15H27N5Si2/c1-6-22(7-2)10-8-9-19(22)15-13-14(17-11-16-13)18-12-20(15)21(3,4)5/h11-12H,6-10H2,1-5H3. The number of fused-ring (bicyclic) bond motifs is 1. The molecule has 0 spiro atoms. The Bertz CT molecular complexity index is 629. The van der Waals surface area contributed by atoms with Crippen LogP contribution in [0.5, 0.6) is 0 Å². The Balaban J connectivity index is 2.23. The molecule has 22 heavy (non-hydrogen) atoms. The van der Waals surface area contributed by atoms with Crippen molar-refractivity contribution in [3.63, 3.8) is 0 Å². The molecule has 7 heteroatoms. The van der Waals surface area contributed by atoms with Gasteiger partial charge in [0.25, 0.3) is 0 Å². The highest BCUT2D eigenvalue weighted by Gasteiger charge is 2.44. The lowest BCUT2D eigenvalue weighted by atomic mass is 10.3. The fraction of sp³-hybridized carbons (Fsp3) is 0.667. The zero-order chi connectivity index (χ0) is 16.0. The van der Waals surface area contributed by atoms with Gasteiger partial charge in [0, 0.05) is 6.54 Å². The summed E-state index contributed by atoms with van der Waals surface area (Å²) < 4.78 is 5.20. The summed E-state index contributed by atoms with van der Waals surface area (Å²) in [6.07, 6.45) is 4.99. The molecule has 0 radical (unpaired) electrons. The van der Waals surface area contributed by atoms with E-state index in [-0.39, 0.29) is 0 Å². The van der Waals surface area contributed by atoms with Crippen LogP contribution in [0.15, 0.2) is 12.7 Å². The molecule has 3 heterocycles. The third kappa shape index (κ3) is 2.30. The zero-order valence-electron chi connectivity index (χ0n) is 14.4. The van der Waals surface area contributed by atoms with E-state index in [1.807, 2.05) is 6.33 Å². The second-order valence-corrected chi connectivity index (χ2v) is 17.1. The minimum Gasteiger partial charge on any atom is -0.383 e. The molecular weight excluding hydrogens is 306 g/mol. The minimum absolute atomic E-state index is 0.798. The molecule has 3 aliphatic rings. The maximum atomic E-state index is 4.58. The first kappa shape index (κ1) is 15.7. The van der Waals surface area contributed by atoms with Gasteiger partial charge in [-0.25, -0.2) is 15.0 Å². The largest absolute Gasteiger partial charge is 0.383 e. The Morgan fingerprint density at radius 3 is 2.50 bits per heavy atom. The van der Waals surface area contributed by atoms with E-state index >= 15 is 0 Å². The number of hydrogen-bond donors (Lipinski definition) is 0. The van der Waals surface area contributed by atoms with Gasteiger partial charge in [-0.1, -0.05) is 33.5 Å². The third-order valence-electron chi connectivity index (χ3n) is 5.21. The van der Waals surface area contributed by atoms with Gasteiger partial charge in [-0.3, -0.25) is 0 Å². The molecule has 0 unspecified atom stereocenters. The maximum absolute atomic E-state index is 4.58.